The standard InChI is InChI=1S/C19H25NO/c1-4-15-9-11-17(12-10-15)19(5-2)20-18-8-6-7-16(13-18)14-21-3/h6-13,19-20H,4-5,14H2,1-3H3. The summed E-state index contributed by atoms with van der Waals surface area (Å²) in [5, 5.41) is 3.63. The van der Waals surface area contributed by atoms with Crippen LogP contribution in [-0.2, 0) is 17.8 Å². The second-order valence-corrected chi connectivity index (χ2v) is 5.33. The van der Waals surface area contributed by atoms with Crippen molar-refractivity contribution in [1.82, 2.24) is 0 Å². The maximum atomic E-state index is 5.20. The molecule has 0 fully saturated rings. The van der Waals surface area contributed by atoms with Crippen LogP contribution < -0.4 is 5.32 Å². The first-order valence-electron chi connectivity index (χ1n) is 7.70. The predicted octanol–water partition coefficient (Wildman–Crippen LogP) is 4.96. The lowest BCUT2D eigenvalue weighted by molar-refractivity contribution is 0.185. The second-order valence-electron chi connectivity index (χ2n) is 5.33. The molecule has 0 aliphatic rings. The molecule has 0 heterocycles. The fourth-order valence-electron chi connectivity index (χ4n) is 2.53. The fraction of sp³-hybridized carbons (Fsp3) is 0.368. The number of aryl methyl sites for hydroxylation is 1. The Kier molecular flexibility index (Phi) is 5.82. The molecular formula is C19H25NO. The number of nitrogens with one attached hydrogen (secondary N) is 1. The van der Waals surface area contributed by atoms with Gasteiger partial charge in [0.2, 0.25) is 0 Å². The minimum absolute atomic E-state index is 0.341. The molecule has 0 saturated heterocycles. The first-order chi connectivity index (χ1) is 10.3. The van der Waals surface area contributed by atoms with Gasteiger partial charge in [-0.3, -0.25) is 0 Å². The van der Waals surface area contributed by atoms with Crippen LogP contribution in [0.2, 0.25) is 0 Å². The van der Waals surface area contributed by atoms with Crippen molar-refractivity contribution >= 4 is 5.69 Å². The van der Waals surface area contributed by atoms with E-state index in [4.69, 9.17) is 4.74 Å². The average molecular weight is 283 g/mol. The molecule has 0 aliphatic heterocycles. The van der Waals surface area contributed by atoms with Crippen LogP contribution in [0.25, 0.3) is 0 Å². The molecule has 2 nitrogen and oxygen atoms in total. The van der Waals surface area contributed by atoms with Crippen molar-refractivity contribution in [1.29, 1.82) is 0 Å². The van der Waals surface area contributed by atoms with Gasteiger partial charge in [-0.2, -0.15) is 0 Å². The van der Waals surface area contributed by atoms with Gasteiger partial charge in [0, 0.05) is 12.8 Å². The molecule has 2 rings (SSSR count). The van der Waals surface area contributed by atoms with Gasteiger partial charge in [0.05, 0.1) is 12.6 Å². The van der Waals surface area contributed by atoms with Gasteiger partial charge >= 0.3 is 0 Å². The Bertz CT molecular complexity index is 548. The second kappa shape index (κ2) is 7.84. The summed E-state index contributed by atoms with van der Waals surface area (Å²) in [6, 6.07) is 17.7. The minimum Gasteiger partial charge on any atom is -0.380 e. The average Bonchev–Trinajstić information content (AvgIpc) is 2.53. The van der Waals surface area contributed by atoms with Crippen LogP contribution in [-0.4, -0.2) is 7.11 Å². The lowest BCUT2D eigenvalue weighted by Crippen LogP contribution is -2.10. The molecule has 0 saturated carbocycles. The normalized spacial score (nSPS) is 12.1. The Morgan fingerprint density at radius 2 is 1.76 bits per heavy atom. The Hall–Kier alpha value is -1.80. The SMILES string of the molecule is CCc1ccc(C(CC)Nc2cccc(COC)c2)cc1. The lowest BCUT2D eigenvalue weighted by atomic mass is 10.0. The number of anilines is 1. The van der Waals surface area contributed by atoms with Gasteiger partial charge in [0.1, 0.15) is 0 Å². The van der Waals surface area contributed by atoms with Gasteiger partial charge in [0.25, 0.3) is 0 Å². The summed E-state index contributed by atoms with van der Waals surface area (Å²) in [7, 11) is 1.73. The maximum absolute atomic E-state index is 5.20. The summed E-state index contributed by atoms with van der Waals surface area (Å²) >= 11 is 0. The zero-order valence-electron chi connectivity index (χ0n) is 13.2. The zero-order valence-corrected chi connectivity index (χ0v) is 13.2. The summed E-state index contributed by atoms with van der Waals surface area (Å²) in [6.45, 7) is 5.05. The molecule has 1 N–H and O–H groups in total. The van der Waals surface area contributed by atoms with Gasteiger partial charge in [-0.05, 0) is 41.7 Å². The topological polar surface area (TPSA) is 21.3 Å². The Balaban J connectivity index is 2.12. The first kappa shape index (κ1) is 15.6. The predicted molar refractivity (Wildman–Crippen MR) is 89.6 cm³/mol. The third-order valence-corrected chi connectivity index (χ3v) is 3.78. The molecule has 21 heavy (non-hydrogen) atoms. The highest BCUT2D eigenvalue weighted by molar-refractivity contribution is 5.48. The van der Waals surface area contributed by atoms with E-state index in [-0.39, 0.29) is 0 Å². The van der Waals surface area contributed by atoms with Crippen LogP contribution in [0.3, 0.4) is 0 Å². The smallest absolute Gasteiger partial charge is 0.0713 e. The van der Waals surface area contributed by atoms with Crippen LogP contribution in [0, 0.1) is 0 Å². The number of hydrogen-bond acceptors (Lipinski definition) is 2. The van der Waals surface area contributed by atoms with Gasteiger partial charge in [0.15, 0.2) is 0 Å². The van der Waals surface area contributed by atoms with Crippen molar-refractivity contribution < 1.29 is 4.74 Å². The van der Waals surface area contributed by atoms with Crippen molar-refractivity contribution in [2.24, 2.45) is 0 Å². The van der Waals surface area contributed by atoms with E-state index in [1.54, 1.807) is 7.11 Å². The van der Waals surface area contributed by atoms with E-state index in [1.165, 1.54) is 16.7 Å². The monoisotopic (exact) mass is 283 g/mol. The number of methoxy groups -OCH3 is 1. The van der Waals surface area contributed by atoms with Crippen LogP contribution in [0.15, 0.2) is 48.5 Å². The lowest BCUT2D eigenvalue weighted by Gasteiger charge is -2.19. The highest BCUT2D eigenvalue weighted by Gasteiger charge is 2.09. The van der Waals surface area contributed by atoms with E-state index >= 15 is 0 Å². The van der Waals surface area contributed by atoms with Gasteiger partial charge in [-0.25, -0.2) is 0 Å². The molecule has 2 aromatic rings. The van der Waals surface area contributed by atoms with Crippen molar-refractivity contribution in [3.63, 3.8) is 0 Å². The summed E-state index contributed by atoms with van der Waals surface area (Å²) in [5.41, 5.74) is 5.07. The molecule has 0 aromatic heterocycles. The van der Waals surface area contributed by atoms with Crippen LogP contribution in [0.5, 0.6) is 0 Å². The van der Waals surface area contributed by atoms with Crippen molar-refractivity contribution in [2.75, 3.05) is 12.4 Å². The highest BCUT2D eigenvalue weighted by Crippen LogP contribution is 2.23. The summed E-state index contributed by atoms with van der Waals surface area (Å²) < 4.78 is 5.20. The quantitative estimate of drug-likeness (QED) is 0.775. The van der Waals surface area contributed by atoms with Crippen LogP contribution in [0.4, 0.5) is 5.69 Å². The molecule has 112 valence electrons. The summed E-state index contributed by atoms with van der Waals surface area (Å²) in [6.07, 6.45) is 2.14. The van der Waals surface area contributed by atoms with E-state index in [1.807, 2.05) is 0 Å². The Labute approximate surface area is 128 Å². The molecule has 0 radical (unpaired) electrons. The molecule has 0 bridgehead atoms. The van der Waals surface area contributed by atoms with E-state index < -0.39 is 0 Å². The number of hydrogen-bond donors (Lipinski definition) is 1. The molecule has 2 aromatic carbocycles. The van der Waals surface area contributed by atoms with Crippen molar-refractivity contribution in [2.45, 2.75) is 39.3 Å². The van der Waals surface area contributed by atoms with Gasteiger partial charge in [-0.15, -0.1) is 0 Å². The van der Waals surface area contributed by atoms with Crippen LogP contribution >= 0.6 is 0 Å². The number of benzene rings is 2. The number of rotatable bonds is 7. The fourth-order valence-corrected chi connectivity index (χ4v) is 2.53. The van der Waals surface area contributed by atoms with Crippen molar-refractivity contribution in [3.05, 3.63) is 65.2 Å². The van der Waals surface area contributed by atoms with E-state index in [0.717, 1.165) is 18.5 Å². The molecule has 0 spiro atoms. The Morgan fingerprint density at radius 3 is 2.38 bits per heavy atom. The third kappa shape index (κ3) is 4.33. The largest absolute Gasteiger partial charge is 0.380 e. The summed E-state index contributed by atoms with van der Waals surface area (Å²) in [4.78, 5) is 0. The maximum Gasteiger partial charge on any atom is 0.0713 e. The zero-order chi connectivity index (χ0) is 15.1. The molecular weight excluding hydrogens is 258 g/mol. The van der Waals surface area contributed by atoms with Gasteiger partial charge < -0.3 is 10.1 Å². The van der Waals surface area contributed by atoms with Gasteiger partial charge in [-0.1, -0.05) is 50.2 Å². The Morgan fingerprint density at radius 1 is 1.00 bits per heavy atom. The first-order valence-corrected chi connectivity index (χ1v) is 7.70. The minimum atomic E-state index is 0.341. The van der Waals surface area contributed by atoms with E-state index in [9.17, 15) is 0 Å². The summed E-state index contributed by atoms with van der Waals surface area (Å²) in [5.74, 6) is 0. The molecule has 2 heteroatoms. The van der Waals surface area contributed by atoms with E-state index in [2.05, 4.69) is 67.7 Å². The molecule has 0 amide bonds. The molecule has 1 atom stereocenters. The molecule has 1 unspecified atom stereocenters. The highest BCUT2D eigenvalue weighted by atomic mass is 16.5. The number of ether oxygens (including phenoxy) is 1. The van der Waals surface area contributed by atoms with E-state index in [0.29, 0.717) is 12.6 Å². The molecule has 0 aliphatic carbocycles. The van der Waals surface area contributed by atoms with Crippen molar-refractivity contribution in [3.8, 4) is 0 Å². The van der Waals surface area contributed by atoms with Crippen LogP contribution in [0.1, 0.15) is 43.0 Å². The third-order valence-electron chi connectivity index (χ3n) is 3.78.